The van der Waals surface area contributed by atoms with Crippen molar-refractivity contribution in [2.24, 2.45) is 10.9 Å². The summed E-state index contributed by atoms with van der Waals surface area (Å²) in [5.74, 6) is 3.12. The standard InChI is InChI=1S/C21H36N4O3/c1-16(19-14-18(27-4)6-7-20(19)28-5)24-21(22-2)23-15-17-8-10-25(11-9-17)12-13-26-3/h6-7,14,16-17H,8-13,15H2,1-5H3,(H2,22,23,24). The number of hydrogen-bond acceptors (Lipinski definition) is 5. The molecule has 0 bridgehead atoms. The number of hydrogen-bond donors (Lipinski definition) is 2. The SMILES string of the molecule is CN=C(NCC1CCN(CCOC)CC1)NC(C)c1cc(OC)ccc1OC. The second-order valence-corrected chi connectivity index (χ2v) is 7.20. The first-order valence-electron chi connectivity index (χ1n) is 10.0. The minimum atomic E-state index is 0.0344. The van der Waals surface area contributed by atoms with E-state index < -0.39 is 0 Å². The number of methoxy groups -OCH3 is 3. The lowest BCUT2D eigenvalue weighted by Crippen LogP contribution is -2.44. The molecule has 1 atom stereocenters. The summed E-state index contributed by atoms with van der Waals surface area (Å²) < 4.78 is 16.0. The van der Waals surface area contributed by atoms with Crippen molar-refractivity contribution >= 4 is 5.96 Å². The predicted molar refractivity (Wildman–Crippen MR) is 113 cm³/mol. The molecule has 1 unspecified atom stereocenters. The molecule has 1 aliphatic rings. The van der Waals surface area contributed by atoms with Gasteiger partial charge in [0.25, 0.3) is 0 Å². The molecular formula is C21H36N4O3. The van der Waals surface area contributed by atoms with Gasteiger partial charge in [-0.25, -0.2) is 0 Å². The lowest BCUT2D eigenvalue weighted by atomic mass is 9.97. The van der Waals surface area contributed by atoms with Crippen LogP contribution in [0.15, 0.2) is 23.2 Å². The third kappa shape index (κ3) is 6.56. The van der Waals surface area contributed by atoms with Crippen LogP contribution in [0.5, 0.6) is 11.5 Å². The van der Waals surface area contributed by atoms with Crippen LogP contribution in [0, 0.1) is 5.92 Å². The zero-order valence-corrected chi connectivity index (χ0v) is 18.0. The Labute approximate surface area is 169 Å². The number of nitrogens with one attached hydrogen (secondary N) is 2. The molecule has 28 heavy (non-hydrogen) atoms. The van der Waals surface area contributed by atoms with Crippen LogP contribution in [0.25, 0.3) is 0 Å². The first kappa shape index (κ1) is 22.3. The van der Waals surface area contributed by atoms with Crippen LogP contribution in [-0.4, -0.2) is 72.0 Å². The Morgan fingerprint density at radius 2 is 1.96 bits per heavy atom. The summed E-state index contributed by atoms with van der Waals surface area (Å²) in [4.78, 5) is 6.86. The van der Waals surface area contributed by atoms with Crippen LogP contribution < -0.4 is 20.1 Å². The third-order valence-electron chi connectivity index (χ3n) is 5.36. The smallest absolute Gasteiger partial charge is 0.191 e. The minimum Gasteiger partial charge on any atom is -0.497 e. The molecule has 1 aliphatic heterocycles. The molecular weight excluding hydrogens is 356 g/mol. The van der Waals surface area contributed by atoms with Crippen LogP contribution in [0.1, 0.15) is 31.4 Å². The van der Waals surface area contributed by atoms with Gasteiger partial charge in [0, 0.05) is 32.8 Å². The van der Waals surface area contributed by atoms with E-state index in [-0.39, 0.29) is 6.04 Å². The number of aliphatic imine (C=N–C) groups is 1. The van der Waals surface area contributed by atoms with Gasteiger partial charge in [0.15, 0.2) is 5.96 Å². The van der Waals surface area contributed by atoms with Crippen molar-refractivity contribution in [3.05, 3.63) is 23.8 Å². The summed E-state index contributed by atoms with van der Waals surface area (Å²) in [6.07, 6.45) is 2.40. The molecule has 1 fully saturated rings. The van der Waals surface area contributed by atoms with E-state index in [0.717, 1.165) is 55.8 Å². The van der Waals surface area contributed by atoms with Gasteiger partial charge in [-0.1, -0.05) is 0 Å². The molecule has 0 aliphatic carbocycles. The first-order valence-corrected chi connectivity index (χ1v) is 10.0. The molecule has 1 aromatic rings. The van der Waals surface area contributed by atoms with Crippen molar-refractivity contribution in [2.75, 3.05) is 61.2 Å². The zero-order valence-electron chi connectivity index (χ0n) is 18.0. The van der Waals surface area contributed by atoms with Crippen LogP contribution in [0.3, 0.4) is 0 Å². The average molecular weight is 393 g/mol. The van der Waals surface area contributed by atoms with Crippen molar-refractivity contribution in [3.8, 4) is 11.5 Å². The molecule has 1 heterocycles. The quantitative estimate of drug-likeness (QED) is 0.496. The highest BCUT2D eigenvalue weighted by Crippen LogP contribution is 2.29. The number of guanidine groups is 1. The Bertz CT molecular complexity index is 616. The van der Waals surface area contributed by atoms with Crippen LogP contribution >= 0.6 is 0 Å². The predicted octanol–water partition coefficient (Wildman–Crippen LogP) is 2.29. The van der Waals surface area contributed by atoms with Gasteiger partial charge < -0.3 is 29.7 Å². The molecule has 0 radical (unpaired) electrons. The lowest BCUT2D eigenvalue weighted by Gasteiger charge is -2.32. The summed E-state index contributed by atoms with van der Waals surface area (Å²) in [6, 6.07) is 5.87. The maximum Gasteiger partial charge on any atom is 0.191 e. The number of ether oxygens (including phenoxy) is 3. The molecule has 0 amide bonds. The number of likely N-dealkylation sites (tertiary alicyclic amines) is 1. The Morgan fingerprint density at radius 1 is 1.21 bits per heavy atom. The van der Waals surface area contributed by atoms with E-state index in [0.29, 0.717) is 5.92 Å². The van der Waals surface area contributed by atoms with Crippen molar-refractivity contribution in [3.63, 3.8) is 0 Å². The van der Waals surface area contributed by atoms with Gasteiger partial charge in [-0.3, -0.25) is 4.99 Å². The number of rotatable bonds is 9. The lowest BCUT2D eigenvalue weighted by molar-refractivity contribution is 0.121. The largest absolute Gasteiger partial charge is 0.497 e. The highest BCUT2D eigenvalue weighted by atomic mass is 16.5. The normalized spacial score (nSPS) is 17.2. The highest BCUT2D eigenvalue weighted by Gasteiger charge is 2.20. The topological polar surface area (TPSA) is 67.4 Å². The molecule has 1 saturated heterocycles. The van der Waals surface area contributed by atoms with E-state index in [9.17, 15) is 0 Å². The van der Waals surface area contributed by atoms with Crippen LogP contribution in [-0.2, 0) is 4.74 Å². The fraction of sp³-hybridized carbons (Fsp3) is 0.667. The van der Waals surface area contributed by atoms with Crippen LogP contribution in [0.4, 0.5) is 0 Å². The monoisotopic (exact) mass is 392 g/mol. The second-order valence-electron chi connectivity index (χ2n) is 7.20. The minimum absolute atomic E-state index is 0.0344. The molecule has 2 N–H and O–H groups in total. The number of benzene rings is 1. The fourth-order valence-electron chi connectivity index (χ4n) is 3.53. The fourth-order valence-corrected chi connectivity index (χ4v) is 3.53. The van der Waals surface area contributed by atoms with E-state index >= 15 is 0 Å². The van der Waals surface area contributed by atoms with Gasteiger partial charge in [-0.2, -0.15) is 0 Å². The summed E-state index contributed by atoms with van der Waals surface area (Å²) in [7, 11) is 6.92. The van der Waals surface area contributed by atoms with Crippen molar-refractivity contribution < 1.29 is 14.2 Å². The van der Waals surface area contributed by atoms with E-state index in [2.05, 4.69) is 27.4 Å². The molecule has 7 nitrogen and oxygen atoms in total. The molecule has 2 rings (SSSR count). The van der Waals surface area contributed by atoms with E-state index in [1.165, 1.54) is 12.8 Å². The highest BCUT2D eigenvalue weighted by molar-refractivity contribution is 5.80. The van der Waals surface area contributed by atoms with Gasteiger partial charge in [0.1, 0.15) is 11.5 Å². The molecule has 7 heteroatoms. The summed E-state index contributed by atoms with van der Waals surface area (Å²) in [5, 5.41) is 6.95. The van der Waals surface area contributed by atoms with Crippen molar-refractivity contribution in [2.45, 2.75) is 25.8 Å². The Kier molecular flexibility index (Phi) is 9.37. The number of nitrogens with zero attached hydrogens (tertiary/aromatic N) is 2. The maximum atomic E-state index is 5.50. The van der Waals surface area contributed by atoms with Gasteiger partial charge in [0.05, 0.1) is 26.9 Å². The van der Waals surface area contributed by atoms with E-state index in [1.54, 1.807) is 28.4 Å². The second kappa shape index (κ2) is 11.8. The van der Waals surface area contributed by atoms with Gasteiger partial charge in [0.2, 0.25) is 0 Å². The van der Waals surface area contributed by atoms with Crippen molar-refractivity contribution in [1.29, 1.82) is 0 Å². The van der Waals surface area contributed by atoms with E-state index in [1.807, 2.05) is 18.2 Å². The Hall–Kier alpha value is -1.99. The molecule has 0 spiro atoms. The molecule has 1 aromatic carbocycles. The summed E-state index contributed by atoms with van der Waals surface area (Å²) >= 11 is 0. The Balaban J connectivity index is 1.85. The van der Waals surface area contributed by atoms with Gasteiger partial charge in [-0.15, -0.1) is 0 Å². The van der Waals surface area contributed by atoms with Gasteiger partial charge in [-0.05, 0) is 57.0 Å². The number of piperidine rings is 1. The molecule has 0 aromatic heterocycles. The molecule has 158 valence electrons. The zero-order chi connectivity index (χ0) is 20.4. The summed E-state index contributed by atoms with van der Waals surface area (Å²) in [5.41, 5.74) is 1.04. The average Bonchev–Trinajstić information content (AvgIpc) is 2.75. The maximum absolute atomic E-state index is 5.50. The third-order valence-corrected chi connectivity index (χ3v) is 5.36. The first-order chi connectivity index (χ1) is 13.6. The Morgan fingerprint density at radius 3 is 2.57 bits per heavy atom. The van der Waals surface area contributed by atoms with Gasteiger partial charge >= 0.3 is 0 Å². The molecule has 0 saturated carbocycles. The van der Waals surface area contributed by atoms with Crippen molar-refractivity contribution in [1.82, 2.24) is 15.5 Å². The van der Waals surface area contributed by atoms with E-state index in [4.69, 9.17) is 14.2 Å². The van der Waals surface area contributed by atoms with Crippen LogP contribution in [0.2, 0.25) is 0 Å². The summed E-state index contributed by atoms with van der Waals surface area (Å²) in [6.45, 7) is 7.14.